The van der Waals surface area contributed by atoms with E-state index in [1.54, 1.807) is 11.3 Å². The maximum Gasteiger partial charge on any atom is 0.264 e. The molecule has 0 fully saturated rings. The van der Waals surface area contributed by atoms with Crippen molar-refractivity contribution in [2.45, 2.75) is 6.61 Å². The van der Waals surface area contributed by atoms with Crippen LogP contribution in [0.2, 0.25) is 0 Å². The zero-order valence-electron chi connectivity index (χ0n) is 6.04. The van der Waals surface area contributed by atoms with Gasteiger partial charge in [0.05, 0.1) is 0 Å². The zero-order valence-corrected chi connectivity index (χ0v) is 6.86. The molecular weight excluding hydrogens is 176 g/mol. The van der Waals surface area contributed by atoms with Crippen molar-refractivity contribution in [3.05, 3.63) is 28.7 Å². The second-order valence-electron chi connectivity index (χ2n) is 2.00. The Bertz CT molecular complexity index is 283. The molecule has 12 heavy (non-hydrogen) atoms. The lowest BCUT2D eigenvalue weighted by atomic mass is 10.5. The van der Waals surface area contributed by atoms with Gasteiger partial charge in [-0.1, -0.05) is 10.9 Å². The first-order valence-corrected chi connectivity index (χ1v) is 4.15. The monoisotopic (exact) mass is 181 g/mol. The molecule has 0 aromatic carbocycles. The highest BCUT2D eigenvalue weighted by molar-refractivity contribution is 7.09. The molecule has 0 spiro atoms. The Morgan fingerprint density at radius 2 is 2.67 bits per heavy atom. The van der Waals surface area contributed by atoms with Crippen molar-refractivity contribution in [2.75, 3.05) is 0 Å². The fourth-order valence-electron chi connectivity index (χ4n) is 0.709. The smallest absolute Gasteiger partial charge is 0.264 e. The fraction of sp³-hybridized carbons (Fsp3) is 0.167. The molecule has 0 aliphatic carbocycles. The minimum Gasteiger partial charge on any atom is -0.388 e. The van der Waals surface area contributed by atoms with E-state index in [2.05, 4.69) is 21.9 Å². The molecule has 2 aromatic rings. The van der Waals surface area contributed by atoms with Gasteiger partial charge in [0.2, 0.25) is 0 Å². The molecule has 0 N–H and O–H groups in total. The normalized spacial score (nSPS) is 10.0. The van der Waals surface area contributed by atoms with Crippen LogP contribution in [0.25, 0.3) is 0 Å². The molecule has 5 nitrogen and oxygen atoms in total. The first kappa shape index (κ1) is 7.23. The second-order valence-corrected chi connectivity index (χ2v) is 3.04. The van der Waals surface area contributed by atoms with Gasteiger partial charge < -0.3 is 4.84 Å². The average Bonchev–Trinajstić information content (AvgIpc) is 2.74. The molecule has 0 unspecified atom stereocenters. The van der Waals surface area contributed by atoms with Gasteiger partial charge in [-0.3, -0.25) is 0 Å². The van der Waals surface area contributed by atoms with Crippen LogP contribution >= 0.6 is 11.3 Å². The summed E-state index contributed by atoms with van der Waals surface area (Å²) in [6.07, 6.45) is 2.43. The van der Waals surface area contributed by atoms with Crippen molar-refractivity contribution in [1.82, 2.24) is 20.4 Å². The van der Waals surface area contributed by atoms with E-state index in [1.165, 1.54) is 0 Å². The number of hydrogen-bond acceptors (Lipinski definition) is 5. The van der Waals surface area contributed by atoms with Gasteiger partial charge in [-0.05, 0) is 21.9 Å². The number of rotatable bonds is 3. The van der Waals surface area contributed by atoms with Crippen LogP contribution in [0.4, 0.5) is 0 Å². The van der Waals surface area contributed by atoms with Crippen LogP contribution in [0.5, 0.6) is 0 Å². The van der Waals surface area contributed by atoms with Gasteiger partial charge in [0.1, 0.15) is 0 Å². The number of aromatic nitrogens is 4. The molecule has 2 heterocycles. The standard InChI is InChI=1S/C6H5N4OS/c1-2-6(12-3-1)4-11-10-5-7-8-9-10/h1-3H,4H2. The zero-order chi connectivity index (χ0) is 8.23. The summed E-state index contributed by atoms with van der Waals surface area (Å²) in [6, 6.07) is 3.95. The van der Waals surface area contributed by atoms with Gasteiger partial charge in [0, 0.05) is 4.88 Å². The third kappa shape index (κ3) is 1.59. The van der Waals surface area contributed by atoms with E-state index in [1.807, 2.05) is 17.5 Å². The van der Waals surface area contributed by atoms with Crippen LogP contribution in [0, 0.1) is 6.33 Å². The summed E-state index contributed by atoms with van der Waals surface area (Å²) in [7, 11) is 0. The van der Waals surface area contributed by atoms with Crippen LogP contribution in [-0.2, 0) is 6.61 Å². The van der Waals surface area contributed by atoms with Crippen molar-refractivity contribution in [2.24, 2.45) is 0 Å². The van der Waals surface area contributed by atoms with Crippen molar-refractivity contribution >= 4 is 11.3 Å². The molecule has 0 atom stereocenters. The lowest BCUT2D eigenvalue weighted by Crippen LogP contribution is -2.11. The molecule has 1 radical (unpaired) electrons. The summed E-state index contributed by atoms with van der Waals surface area (Å²) >= 11 is 1.62. The fourth-order valence-corrected chi connectivity index (χ4v) is 1.32. The predicted octanol–water partition coefficient (Wildman–Crippen LogP) is 0.164. The van der Waals surface area contributed by atoms with Crippen molar-refractivity contribution in [1.29, 1.82) is 0 Å². The second kappa shape index (κ2) is 3.31. The molecule has 0 aliphatic rings. The molecule has 2 aromatic heterocycles. The maximum atomic E-state index is 5.13. The number of tetrazole rings is 1. The molecule has 0 saturated carbocycles. The summed E-state index contributed by atoms with van der Waals surface area (Å²) in [4.78, 5) is 7.36. The first-order valence-electron chi connectivity index (χ1n) is 3.27. The van der Waals surface area contributed by atoms with Crippen LogP contribution in [0.3, 0.4) is 0 Å². The van der Waals surface area contributed by atoms with Gasteiger partial charge in [-0.15, -0.1) is 16.4 Å². The predicted molar refractivity (Wildman–Crippen MR) is 41.3 cm³/mol. The molecule has 2 rings (SSSR count). The van der Waals surface area contributed by atoms with Gasteiger partial charge in [-0.2, -0.15) is 0 Å². The highest BCUT2D eigenvalue weighted by Crippen LogP contribution is 2.07. The molecule has 0 amide bonds. The van der Waals surface area contributed by atoms with Crippen LogP contribution in [-0.4, -0.2) is 20.4 Å². The molecular formula is C6H5N4OS. The Morgan fingerprint density at radius 1 is 1.67 bits per heavy atom. The SMILES string of the molecule is [c]1nnnn1OCc1cccs1. The highest BCUT2D eigenvalue weighted by Gasteiger charge is 1.96. The van der Waals surface area contributed by atoms with Crippen LogP contribution in [0.15, 0.2) is 17.5 Å². The molecule has 6 heteroatoms. The Balaban J connectivity index is 1.91. The Morgan fingerprint density at radius 3 is 3.33 bits per heavy atom. The van der Waals surface area contributed by atoms with E-state index < -0.39 is 0 Å². The first-order chi connectivity index (χ1) is 5.95. The van der Waals surface area contributed by atoms with E-state index in [0.29, 0.717) is 6.61 Å². The van der Waals surface area contributed by atoms with Crippen molar-refractivity contribution in [3.63, 3.8) is 0 Å². The Kier molecular flexibility index (Phi) is 2.00. The topological polar surface area (TPSA) is 52.8 Å². The van der Waals surface area contributed by atoms with E-state index in [4.69, 9.17) is 4.84 Å². The van der Waals surface area contributed by atoms with Crippen molar-refractivity contribution in [3.8, 4) is 0 Å². The molecule has 0 saturated heterocycles. The number of thiophene rings is 1. The van der Waals surface area contributed by atoms with Gasteiger partial charge in [-0.25, -0.2) is 0 Å². The number of hydrogen-bond donors (Lipinski definition) is 0. The van der Waals surface area contributed by atoms with E-state index in [-0.39, 0.29) is 0 Å². The Hall–Kier alpha value is -1.43. The van der Waals surface area contributed by atoms with Gasteiger partial charge in [0.15, 0.2) is 6.61 Å². The lowest BCUT2D eigenvalue weighted by molar-refractivity contribution is 0.0658. The summed E-state index contributed by atoms with van der Waals surface area (Å²) in [5, 5.41) is 12.2. The minimum absolute atomic E-state index is 0.471. The van der Waals surface area contributed by atoms with Crippen molar-refractivity contribution < 1.29 is 4.84 Å². The van der Waals surface area contributed by atoms with E-state index in [0.717, 1.165) is 9.72 Å². The quantitative estimate of drug-likeness (QED) is 0.677. The molecule has 0 bridgehead atoms. The third-order valence-corrected chi connectivity index (χ3v) is 2.06. The largest absolute Gasteiger partial charge is 0.388 e. The Labute approximate surface area is 72.5 Å². The van der Waals surface area contributed by atoms with E-state index >= 15 is 0 Å². The summed E-state index contributed by atoms with van der Waals surface area (Å²) in [6.45, 7) is 0.471. The third-order valence-electron chi connectivity index (χ3n) is 1.21. The van der Waals surface area contributed by atoms with Gasteiger partial charge >= 0.3 is 0 Å². The number of nitrogens with zero attached hydrogens (tertiary/aromatic N) is 4. The summed E-state index contributed by atoms with van der Waals surface area (Å²) < 4.78 is 0. The lowest BCUT2D eigenvalue weighted by Gasteiger charge is -1.98. The minimum atomic E-state index is 0.471. The maximum absolute atomic E-state index is 5.13. The highest BCUT2D eigenvalue weighted by atomic mass is 32.1. The van der Waals surface area contributed by atoms with Crippen LogP contribution < -0.4 is 4.84 Å². The molecule has 61 valence electrons. The van der Waals surface area contributed by atoms with Gasteiger partial charge in [0.25, 0.3) is 6.33 Å². The molecule has 0 aliphatic heterocycles. The summed E-state index contributed by atoms with van der Waals surface area (Å²) in [5.74, 6) is 0. The summed E-state index contributed by atoms with van der Waals surface area (Å²) in [5.41, 5.74) is 0. The average molecular weight is 181 g/mol. The van der Waals surface area contributed by atoms with E-state index in [9.17, 15) is 0 Å². The van der Waals surface area contributed by atoms with Crippen LogP contribution in [0.1, 0.15) is 4.88 Å².